The third-order valence-electron chi connectivity index (χ3n) is 2.99. The molecule has 22 heavy (non-hydrogen) atoms. The first kappa shape index (κ1) is 20.3. The number of aromatic nitrogens is 2. The molecular weight excluding hydrogens is 456 g/mol. The van der Waals surface area contributed by atoms with Crippen molar-refractivity contribution < 1.29 is 30.0 Å². The summed E-state index contributed by atoms with van der Waals surface area (Å²) < 4.78 is 1.94. The smallest absolute Gasteiger partial charge is 0.155 e. The Morgan fingerprint density at radius 3 is 2.23 bits per heavy atom. The zero-order valence-corrected chi connectivity index (χ0v) is 15.9. The van der Waals surface area contributed by atoms with E-state index in [1.54, 1.807) is 0 Å². The third kappa shape index (κ3) is 5.96. The summed E-state index contributed by atoms with van der Waals surface area (Å²) >= 11 is 0. The summed E-state index contributed by atoms with van der Waals surface area (Å²) in [6, 6.07) is 11.0. The molecule has 0 fully saturated rings. The molecule has 1 N–H and O–H groups in total. The van der Waals surface area contributed by atoms with Gasteiger partial charge in [0.25, 0.3) is 0 Å². The number of aliphatic hydroxyl groups excluding tert-OH is 1. The van der Waals surface area contributed by atoms with E-state index < -0.39 is 0 Å². The zero-order chi connectivity index (χ0) is 16.0. The molecule has 0 saturated heterocycles. The quantitative estimate of drug-likeness (QED) is 0.408. The van der Waals surface area contributed by atoms with Gasteiger partial charge in [-0.2, -0.15) is 29.4 Å². The molecular formula is C17H21IrN2O2-. The molecule has 1 aromatic carbocycles. The van der Waals surface area contributed by atoms with Crippen LogP contribution in [0.25, 0.3) is 5.69 Å². The topological polar surface area (TPSA) is 55.1 Å². The molecule has 0 bridgehead atoms. The van der Waals surface area contributed by atoms with Crippen molar-refractivity contribution in [3.63, 3.8) is 0 Å². The summed E-state index contributed by atoms with van der Waals surface area (Å²) in [5.41, 5.74) is 4.52. The fraction of sp³-hybridized carbons (Fsp3) is 0.294. The van der Waals surface area contributed by atoms with Gasteiger partial charge in [-0.15, -0.1) is 6.07 Å². The summed E-state index contributed by atoms with van der Waals surface area (Å²) in [6.07, 6.45) is 1.17. The van der Waals surface area contributed by atoms with Crippen LogP contribution in [0.15, 0.2) is 36.1 Å². The van der Waals surface area contributed by atoms with Gasteiger partial charge >= 0.3 is 0 Å². The Hall–Kier alpha value is -1.71. The second-order valence-electron chi connectivity index (χ2n) is 4.85. The fourth-order valence-corrected chi connectivity index (χ4v) is 1.76. The van der Waals surface area contributed by atoms with Gasteiger partial charge in [0.05, 0.1) is 11.5 Å². The number of nitrogens with zero attached hydrogens (tertiary/aromatic N) is 2. The summed E-state index contributed by atoms with van der Waals surface area (Å²) in [5, 5.41) is 12.8. The predicted octanol–water partition coefficient (Wildman–Crippen LogP) is 3.63. The van der Waals surface area contributed by atoms with Crippen LogP contribution in [0.1, 0.15) is 30.8 Å². The Bertz CT molecular complexity index is 642. The van der Waals surface area contributed by atoms with Crippen LogP contribution < -0.4 is 0 Å². The molecule has 0 spiro atoms. The van der Waals surface area contributed by atoms with E-state index >= 15 is 0 Å². The third-order valence-corrected chi connectivity index (χ3v) is 2.99. The molecule has 1 aromatic heterocycles. The van der Waals surface area contributed by atoms with Crippen molar-refractivity contribution >= 4 is 5.78 Å². The van der Waals surface area contributed by atoms with Gasteiger partial charge in [0, 0.05) is 31.9 Å². The largest absolute Gasteiger partial charge is 0.512 e. The normalized spacial score (nSPS) is 10.3. The summed E-state index contributed by atoms with van der Waals surface area (Å²) in [4.78, 5) is 10.0. The monoisotopic (exact) mass is 478 g/mol. The Balaban J connectivity index is 0.000000478. The van der Waals surface area contributed by atoms with E-state index in [1.807, 2.05) is 35.9 Å². The summed E-state index contributed by atoms with van der Waals surface area (Å²) in [5.74, 6) is -0.0625. The second-order valence-corrected chi connectivity index (χ2v) is 4.85. The number of aryl methyl sites for hydroxylation is 1. The van der Waals surface area contributed by atoms with E-state index in [9.17, 15) is 4.79 Å². The van der Waals surface area contributed by atoms with Crippen molar-refractivity contribution in [2.24, 2.45) is 0 Å². The van der Waals surface area contributed by atoms with Crippen molar-refractivity contribution in [2.75, 3.05) is 0 Å². The van der Waals surface area contributed by atoms with Gasteiger partial charge in [0.2, 0.25) is 0 Å². The number of ketones is 1. The average Bonchev–Trinajstić information content (AvgIpc) is 2.67. The van der Waals surface area contributed by atoms with E-state index in [2.05, 4.69) is 25.0 Å². The minimum atomic E-state index is -0.125. The number of carbonyl (C=O) groups is 1. The molecule has 1 radical (unpaired) electrons. The van der Waals surface area contributed by atoms with E-state index in [0.29, 0.717) is 0 Å². The Morgan fingerprint density at radius 1 is 1.27 bits per heavy atom. The number of rotatable bonds is 2. The molecule has 0 aliphatic rings. The maximum Gasteiger partial charge on any atom is 0.155 e. The first-order chi connectivity index (χ1) is 9.82. The summed E-state index contributed by atoms with van der Waals surface area (Å²) in [6.45, 7) is 9.05. The van der Waals surface area contributed by atoms with Gasteiger partial charge < -0.3 is 5.11 Å². The molecule has 4 nitrogen and oxygen atoms in total. The van der Waals surface area contributed by atoms with E-state index in [1.165, 1.54) is 31.2 Å². The van der Waals surface area contributed by atoms with Crippen LogP contribution in [0.3, 0.4) is 0 Å². The van der Waals surface area contributed by atoms with Crippen LogP contribution in [0.5, 0.6) is 0 Å². The molecule has 0 aliphatic heterocycles. The molecule has 0 aliphatic carbocycles. The molecule has 0 amide bonds. The first-order valence-corrected chi connectivity index (χ1v) is 6.70. The van der Waals surface area contributed by atoms with Crippen LogP contribution in [-0.2, 0) is 24.9 Å². The first-order valence-electron chi connectivity index (χ1n) is 6.70. The van der Waals surface area contributed by atoms with Crippen LogP contribution in [-0.4, -0.2) is 20.7 Å². The van der Waals surface area contributed by atoms with Gasteiger partial charge in [0.15, 0.2) is 5.78 Å². The molecule has 1 heterocycles. The molecule has 0 atom stereocenters. The molecule has 5 heteroatoms. The van der Waals surface area contributed by atoms with Crippen LogP contribution in [0.2, 0.25) is 0 Å². The minimum Gasteiger partial charge on any atom is -0.512 e. The minimum absolute atomic E-state index is 0. The number of benzene rings is 1. The Kier molecular flexibility index (Phi) is 8.61. The van der Waals surface area contributed by atoms with Gasteiger partial charge in [-0.05, 0) is 45.9 Å². The number of hydrogen-bond acceptors (Lipinski definition) is 3. The van der Waals surface area contributed by atoms with Crippen molar-refractivity contribution in [1.82, 2.24) is 9.78 Å². The van der Waals surface area contributed by atoms with Crippen LogP contribution in [0, 0.1) is 26.8 Å². The Morgan fingerprint density at radius 2 is 1.91 bits per heavy atom. The van der Waals surface area contributed by atoms with Gasteiger partial charge in [-0.1, -0.05) is 0 Å². The number of para-hydroxylation sites is 1. The number of allylic oxidation sites excluding steroid dienone is 2. The number of aliphatic hydroxyl groups is 1. The van der Waals surface area contributed by atoms with Crippen molar-refractivity contribution in [1.29, 1.82) is 0 Å². The standard InChI is InChI=1S/C12H13N2.C5H8O2.Ir/c1-9-10(2)13-14(11(9)3)12-7-5-4-6-8-12;1-4(6)3-5(2)7;/h4-7H,1-3H3;3,6H,1-2H3;/q-1;;/b;4-3-;. The SMILES string of the molecule is CC(=O)/C=C(/C)O.Cc1nn(-c2[c-]cccc2)c(C)c1C.[Ir]. The van der Waals surface area contributed by atoms with Crippen molar-refractivity contribution in [3.05, 3.63) is 59.1 Å². The Labute approximate surface area is 145 Å². The molecule has 2 aromatic rings. The second kappa shape index (κ2) is 9.34. The molecule has 2 rings (SSSR count). The maximum atomic E-state index is 10.0. The summed E-state index contributed by atoms with van der Waals surface area (Å²) in [7, 11) is 0. The van der Waals surface area contributed by atoms with E-state index in [4.69, 9.17) is 5.11 Å². The fourth-order valence-electron chi connectivity index (χ4n) is 1.76. The molecule has 121 valence electrons. The van der Waals surface area contributed by atoms with Gasteiger partial charge in [-0.25, -0.2) is 0 Å². The number of carbonyl (C=O) groups excluding carboxylic acids is 1. The predicted molar refractivity (Wildman–Crippen MR) is 83.7 cm³/mol. The van der Waals surface area contributed by atoms with E-state index in [0.717, 1.165) is 11.4 Å². The molecule has 0 unspecified atom stereocenters. The van der Waals surface area contributed by atoms with Crippen LogP contribution in [0.4, 0.5) is 0 Å². The van der Waals surface area contributed by atoms with Gasteiger partial charge in [-0.3, -0.25) is 9.48 Å². The van der Waals surface area contributed by atoms with Crippen molar-refractivity contribution in [2.45, 2.75) is 34.6 Å². The molecule has 0 saturated carbocycles. The average molecular weight is 478 g/mol. The zero-order valence-electron chi connectivity index (χ0n) is 13.5. The van der Waals surface area contributed by atoms with E-state index in [-0.39, 0.29) is 31.6 Å². The van der Waals surface area contributed by atoms with Gasteiger partial charge in [0.1, 0.15) is 0 Å². The van der Waals surface area contributed by atoms with Crippen molar-refractivity contribution in [3.8, 4) is 5.69 Å². The number of hydrogen-bond donors (Lipinski definition) is 1. The van der Waals surface area contributed by atoms with Crippen LogP contribution >= 0.6 is 0 Å². The maximum absolute atomic E-state index is 10.0.